The van der Waals surface area contributed by atoms with Crippen LogP contribution in [0.2, 0.25) is 0 Å². The van der Waals surface area contributed by atoms with Crippen molar-refractivity contribution in [2.45, 2.75) is 6.42 Å². The fourth-order valence-corrected chi connectivity index (χ4v) is 9.95. The molecule has 11 rings (SSSR count). The Balaban J connectivity index is 1.08. The van der Waals surface area contributed by atoms with E-state index in [0.717, 1.165) is 29.2 Å². The molecule has 0 fully saturated rings. The van der Waals surface area contributed by atoms with Crippen molar-refractivity contribution in [1.29, 1.82) is 0 Å². The summed E-state index contributed by atoms with van der Waals surface area (Å²) in [7, 11) is 0. The van der Waals surface area contributed by atoms with Crippen LogP contribution in [-0.2, 0) is 6.42 Å². The molecule has 0 radical (unpaired) electrons. The van der Waals surface area contributed by atoms with Crippen molar-refractivity contribution in [3.63, 3.8) is 0 Å². The average Bonchev–Trinajstić information content (AvgIpc) is 3.82. The van der Waals surface area contributed by atoms with E-state index in [4.69, 9.17) is 0 Å². The Labute approximate surface area is 341 Å². The van der Waals surface area contributed by atoms with Crippen molar-refractivity contribution in [2.75, 3.05) is 4.90 Å². The number of allylic oxidation sites excluding steroid dienone is 1. The highest BCUT2D eigenvalue weighted by atomic mass is 32.1. The zero-order valence-electron chi connectivity index (χ0n) is 31.8. The number of aromatic nitrogens is 1. The molecule has 0 atom stereocenters. The van der Waals surface area contributed by atoms with Crippen LogP contribution in [0, 0.1) is 0 Å². The Bertz CT molecular complexity index is 3260. The van der Waals surface area contributed by atoms with E-state index in [2.05, 4.69) is 222 Å². The topological polar surface area (TPSA) is 8.17 Å². The summed E-state index contributed by atoms with van der Waals surface area (Å²) in [6, 6.07) is 70.5. The van der Waals surface area contributed by atoms with Crippen LogP contribution < -0.4 is 14.7 Å². The van der Waals surface area contributed by atoms with Gasteiger partial charge in [0.2, 0.25) is 0 Å². The van der Waals surface area contributed by atoms with Gasteiger partial charge in [0, 0.05) is 42.8 Å². The lowest BCUT2D eigenvalue weighted by Gasteiger charge is -2.28. The molecule has 1 aliphatic heterocycles. The molecule has 1 aliphatic rings. The molecule has 10 aromatic rings. The molecule has 274 valence electrons. The van der Waals surface area contributed by atoms with Crippen molar-refractivity contribution >= 4 is 66.8 Å². The number of nitrogens with zero attached hydrogens (tertiary/aromatic N) is 2. The zero-order valence-corrected chi connectivity index (χ0v) is 32.7. The van der Waals surface area contributed by atoms with Crippen LogP contribution in [0.15, 0.2) is 206 Å². The van der Waals surface area contributed by atoms with Crippen molar-refractivity contribution in [2.24, 2.45) is 0 Å². The molecule has 0 unspecified atom stereocenters. The van der Waals surface area contributed by atoms with Gasteiger partial charge in [0.05, 0.1) is 11.0 Å². The van der Waals surface area contributed by atoms with Crippen LogP contribution in [0.5, 0.6) is 0 Å². The van der Waals surface area contributed by atoms with Crippen LogP contribution in [-0.4, -0.2) is 4.57 Å². The number of hydrogen-bond acceptors (Lipinski definition) is 2. The monoisotopic (exact) mass is 758 g/mol. The lowest BCUT2D eigenvalue weighted by Crippen LogP contribution is -2.21. The maximum atomic E-state index is 4.66. The summed E-state index contributed by atoms with van der Waals surface area (Å²) in [5.74, 6) is 0. The molecule has 0 saturated heterocycles. The molecule has 0 aliphatic carbocycles. The maximum Gasteiger partial charge on any atom is 0.0541 e. The highest BCUT2D eigenvalue weighted by Gasteiger charge is 2.20. The van der Waals surface area contributed by atoms with Crippen LogP contribution in [0.3, 0.4) is 0 Å². The van der Waals surface area contributed by atoms with Crippen LogP contribution in [0.25, 0.3) is 83.1 Å². The van der Waals surface area contributed by atoms with Crippen LogP contribution in [0.4, 0.5) is 11.4 Å². The van der Waals surface area contributed by atoms with E-state index in [9.17, 15) is 0 Å². The second-order valence-electron chi connectivity index (χ2n) is 15.0. The largest absolute Gasteiger partial charge is 0.311 e. The zero-order chi connectivity index (χ0) is 38.6. The molecule has 3 heterocycles. The van der Waals surface area contributed by atoms with Gasteiger partial charge in [-0.3, -0.25) is 0 Å². The van der Waals surface area contributed by atoms with Gasteiger partial charge >= 0.3 is 0 Å². The molecule has 0 saturated carbocycles. The molecule has 0 spiro atoms. The van der Waals surface area contributed by atoms with Gasteiger partial charge in [-0.2, -0.15) is 0 Å². The minimum Gasteiger partial charge on any atom is -0.311 e. The average molecular weight is 759 g/mol. The lowest BCUT2D eigenvalue weighted by atomic mass is 9.97. The number of rotatable bonds is 5. The minimum atomic E-state index is 0.796. The molecule has 2 nitrogen and oxygen atoms in total. The Hall–Kier alpha value is -7.20. The van der Waals surface area contributed by atoms with Gasteiger partial charge in [-0.25, -0.2) is 0 Å². The van der Waals surface area contributed by atoms with Crippen molar-refractivity contribution in [3.05, 3.63) is 222 Å². The Kier molecular flexibility index (Phi) is 8.27. The number of hydrogen-bond donors (Lipinski definition) is 0. The van der Waals surface area contributed by atoms with E-state index in [1.165, 1.54) is 80.6 Å². The van der Waals surface area contributed by atoms with E-state index in [0.29, 0.717) is 0 Å². The van der Waals surface area contributed by atoms with E-state index >= 15 is 0 Å². The second-order valence-corrected chi connectivity index (χ2v) is 16.1. The first kappa shape index (κ1) is 34.1. The number of fused-ring (bicyclic) bond motifs is 7. The highest BCUT2D eigenvalue weighted by Crippen LogP contribution is 2.40. The quantitative estimate of drug-likeness (QED) is 0.170. The van der Waals surface area contributed by atoms with Crippen molar-refractivity contribution < 1.29 is 0 Å². The highest BCUT2D eigenvalue weighted by molar-refractivity contribution is 7.17. The normalized spacial score (nSPS) is 13.9. The Morgan fingerprint density at radius 2 is 1.05 bits per heavy atom. The number of para-hydroxylation sites is 2. The van der Waals surface area contributed by atoms with Gasteiger partial charge in [0.15, 0.2) is 0 Å². The third-order valence-electron chi connectivity index (χ3n) is 11.5. The Morgan fingerprint density at radius 3 is 1.79 bits per heavy atom. The van der Waals surface area contributed by atoms with Crippen molar-refractivity contribution in [1.82, 2.24) is 4.57 Å². The molecule has 3 heteroatoms. The molecule has 0 bridgehead atoms. The number of thiophene rings is 1. The van der Waals surface area contributed by atoms with E-state index in [1.54, 1.807) is 0 Å². The van der Waals surface area contributed by atoms with Gasteiger partial charge in [0.25, 0.3) is 0 Å². The summed E-state index contributed by atoms with van der Waals surface area (Å²) >= 11 is 1.84. The molecule has 0 N–H and O–H groups in total. The van der Waals surface area contributed by atoms with E-state index in [1.807, 2.05) is 11.3 Å². The fourth-order valence-electron chi connectivity index (χ4n) is 8.78. The summed E-state index contributed by atoms with van der Waals surface area (Å²) in [4.78, 5) is 2.32. The second kappa shape index (κ2) is 14.1. The standard InChI is InChI=1S/C55H38N2S/c1-37-31-55-49(48-22-12-14-24-54(48)58-55)28-25-42-32-40(26-29-51(42)56(37)45-19-9-4-10-20-45)41-27-30-53-50(36-41)47-21-11-13-23-52(47)57(53)46-34-43(38-15-5-2-6-16-38)33-44(35-46)39-17-7-3-8-18-39/h2-24,26-36H,1,25H2/b49-28-,55-31+. The first-order chi connectivity index (χ1) is 28.7. The summed E-state index contributed by atoms with van der Waals surface area (Å²) in [6.07, 6.45) is 5.47. The maximum absolute atomic E-state index is 4.66. The summed E-state index contributed by atoms with van der Waals surface area (Å²) in [6.45, 7) is 4.66. The number of anilines is 2. The first-order valence-electron chi connectivity index (χ1n) is 19.8. The fraction of sp³-hybridized carbons (Fsp3) is 0.0182. The molecule has 8 aromatic carbocycles. The Morgan fingerprint density at radius 1 is 0.448 bits per heavy atom. The van der Waals surface area contributed by atoms with E-state index < -0.39 is 0 Å². The van der Waals surface area contributed by atoms with Gasteiger partial charge in [-0.1, -0.05) is 140 Å². The third kappa shape index (κ3) is 5.87. The third-order valence-corrected chi connectivity index (χ3v) is 12.6. The summed E-state index contributed by atoms with van der Waals surface area (Å²) in [5.41, 5.74) is 15.2. The number of benzene rings is 8. The smallest absolute Gasteiger partial charge is 0.0541 e. The molecule has 2 aromatic heterocycles. The van der Waals surface area contributed by atoms with Gasteiger partial charge in [-0.05, 0) is 129 Å². The van der Waals surface area contributed by atoms with Crippen LogP contribution in [0.1, 0.15) is 5.56 Å². The molecule has 0 amide bonds. The van der Waals surface area contributed by atoms with Crippen LogP contribution >= 0.6 is 11.3 Å². The van der Waals surface area contributed by atoms with Gasteiger partial charge in [0.1, 0.15) is 0 Å². The summed E-state index contributed by atoms with van der Waals surface area (Å²) in [5, 5.41) is 5.05. The molecule has 58 heavy (non-hydrogen) atoms. The predicted octanol–water partition coefficient (Wildman–Crippen LogP) is 13.5. The van der Waals surface area contributed by atoms with Gasteiger partial charge < -0.3 is 9.47 Å². The van der Waals surface area contributed by atoms with Gasteiger partial charge in [-0.15, -0.1) is 11.3 Å². The van der Waals surface area contributed by atoms with E-state index in [-0.39, 0.29) is 0 Å². The minimum absolute atomic E-state index is 0.796. The lowest BCUT2D eigenvalue weighted by molar-refractivity contribution is 1.18. The molecular weight excluding hydrogens is 721 g/mol. The molecular formula is C55H38N2S. The SMILES string of the molecule is C=C1/C=c2/sc3ccccc3/c2=C/Cc2cc(-c3ccc4c(c3)c3ccccc3n4-c3cc(-c4ccccc4)cc(-c4ccccc4)c3)ccc2N1c1ccccc1. The summed E-state index contributed by atoms with van der Waals surface area (Å²) < 4.78 is 4.98. The first-order valence-corrected chi connectivity index (χ1v) is 20.6. The predicted molar refractivity (Wildman–Crippen MR) is 249 cm³/mol. The van der Waals surface area contributed by atoms with Crippen molar-refractivity contribution in [3.8, 4) is 39.1 Å².